The highest BCUT2D eigenvalue weighted by atomic mass is 16.5. The Morgan fingerprint density at radius 1 is 1.55 bits per heavy atom. The van der Waals surface area contributed by atoms with Crippen molar-refractivity contribution >= 4 is 11.8 Å². The zero-order valence-electron chi connectivity index (χ0n) is 12.7. The molecule has 1 unspecified atom stereocenters. The van der Waals surface area contributed by atoms with Gasteiger partial charge in [0.05, 0.1) is 13.2 Å². The minimum Gasteiger partial charge on any atom is -0.462 e. The number of carbonyl (C=O) groups excluding carboxylic acids is 1. The van der Waals surface area contributed by atoms with Crippen LogP contribution in [-0.4, -0.2) is 38.4 Å². The Balaban J connectivity index is 1.75. The van der Waals surface area contributed by atoms with E-state index in [4.69, 9.17) is 4.74 Å². The lowest BCUT2D eigenvalue weighted by molar-refractivity contribution is 0.0527. The number of anilines is 1. The second kappa shape index (κ2) is 6.13. The highest BCUT2D eigenvalue weighted by Crippen LogP contribution is 2.19. The minimum atomic E-state index is -0.355. The molecule has 116 valence electrons. The predicted octanol–water partition coefficient (Wildman–Crippen LogP) is 1.59. The summed E-state index contributed by atoms with van der Waals surface area (Å²) >= 11 is 0. The van der Waals surface area contributed by atoms with Gasteiger partial charge in [-0.2, -0.15) is 5.10 Å². The van der Waals surface area contributed by atoms with E-state index in [-0.39, 0.29) is 12.0 Å². The average molecular weight is 301 g/mol. The molecule has 1 N–H and O–H groups in total. The van der Waals surface area contributed by atoms with Gasteiger partial charge in [-0.1, -0.05) is 0 Å². The fraction of sp³-hybridized carbons (Fsp3) is 0.467. The molecule has 2 aromatic rings. The summed E-state index contributed by atoms with van der Waals surface area (Å²) in [7, 11) is 0. The fourth-order valence-electron chi connectivity index (χ4n) is 2.64. The lowest BCUT2D eigenvalue weighted by Gasteiger charge is -2.24. The van der Waals surface area contributed by atoms with Gasteiger partial charge in [0, 0.05) is 18.7 Å². The SMILES string of the molecule is CCOC(=O)c1cccnc1NC1CCc2nc(C)nn2C1. The summed E-state index contributed by atoms with van der Waals surface area (Å²) in [4.78, 5) is 20.7. The second-order valence-corrected chi connectivity index (χ2v) is 5.26. The van der Waals surface area contributed by atoms with Gasteiger partial charge in [-0.05, 0) is 32.4 Å². The normalized spacial score (nSPS) is 16.9. The summed E-state index contributed by atoms with van der Waals surface area (Å²) in [6.07, 6.45) is 3.45. The highest BCUT2D eigenvalue weighted by Gasteiger charge is 2.23. The molecule has 7 heteroatoms. The van der Waals surface area contributed by atoms with Crippen LogP contribution in [0.2, 0.25) is 0 Å². The minimum absolute atomic E-state index is 0.164. The molecule has 0 aromatic carbocycles. The Hall–Kier alpha value is -2.44. The Labute approximate surface area is 128 Å². The molecule has 22 heavy (non-hydrogen) atoms. The lowest BCUT2D eigenvalue weighted by Crippen LogP contribution is -2.33. The molecule has 3 heterocycles. The number of hydrogen-bond donors (Lipinski definition) is 1. The number of aryl methyl sites for hydroxylation is 2. The fourth-order valence-corrected chi connectivity index (χ4v) is 2.64. The summed E-state index contributed by atoms with van der Waals surface area (Å²) in [6.45, 7) is 4.75. The van der Waals surface area contributed by atoms with E-state index < -0.39 is 0 Å². The van der Waals surface area contributed by atoms with E-state index in [9.17, 15) is 4.79 Å². The van der Waals surface area contributed by atoms with Crippen LogP contribution in [0.3, 0.4) is 0 Å². The van der Waals surface area contributed by atoms with Gasteiger partial charge < -0.3 is 10.1 Å². The summed E-state index contributed by atoms with van der Waals surface area (Å²) in [5, 5.41) is 7.72. The van der Waals surface area contributed by atoms with Crippen molar-refractivity contribution in [3.05, 3.63) is 35.5 Å². The zero-order valence-corrected chi connectivity index (χ0v) is 12.7. The van der Waals surface area contributed by atoms with E-state index in [0.717, 1.165) is 31.0 Å². The molecule has 0 amide bonds. The Morgan fingerprint density at radius 3 is 3.23 bits per heavy atom. The molecule has 2 aromatic heterocycles. The van der Waals surface area contributed by atoms with E-state index in [2.05, 4.69) is 20.4 Å². The molecular formula is C15H19N5O2. The van der Waals surface area contributed by atoms with Crippen LogP contribution in [0.5, 0.6) is 0 Å². The molecule has 3 rings (SSSR count). The molecule has 0 saturated carbocycles. The summed E-state index contributed by atoms with van der Waals surface area (Å²) < 4.78 is 6.99. The number of pyridine rings is 1. The maximum atomic E-state index is 12.0. The highest BCUT2D eigenvalue weighted by molar-refractivity contribution is 5.94. The lowest BCUT2D eigenvalue weighted by atomic mass is 10.1. The molecule has 0 fully saturated rings. The molecule has 0 aliphatic carbocycles. The third-order valence-corrected chi connectivity index (χ3v) is 3.61. The van der Waals surface area contributed by atoms with Gasteiger partial charge in [0.2, 0.25) is 0 Å². The first-order valence-corrected chi connectivity index (χ1v) is 7.46. The molecule has 0 saturated heterocycles. The van der Waals surface area contributed by atoms with Gasteiger partial charge in [-0.15, -0.1) is 0 Å². The maximum absolute atomic E-state index is 12.0. The van der Waals surface area contributed by atoms with Crippen LogP contribution in [0.15, 0.2) is 18.3 Å². The van der Waals surface area contributed by atoms with Crippen molar-refractivity contribution in [2.75, 3.05) is 11.9 Å². The summed E-state index contributed by atoms with van der Waals surface area (Å²) in [5.74, 6) is 2.01. The van der Waals surface area contributed by atoms with Crippen molar-refractivity contribution < 1.29 is 9.53 Å². The Morgan fingerprint density at radius 2 is 2.41 bits per heavy atom. The number of rotatable bonds is 4. The standard InChI is InChI=1S/C15H19N5O2/c1-3-22-15(21)12-5-4-8-16-14(12)18-11-6-7-13-17-10(2)19-20(13)9-11/h4-5,8,11H,3,6-7,9H2,1-2H3,(H,16,18). The topological polar surface area (TPSA) is 81.9 Å². The molecule has 1 atom stereocenters. The number of hydrogen-bond acceptors (Lipinski definition) is 6. The van der Waals surface area contributed by atoms with Gasteiger partial charge >= 0.3 is 5.97 Å². The average Bonchev–Trinajstić information content (AvgIpc) is 2.87. The van der Waals surface area contributed by atoms with Crippen LogP contribution in [0.1, 0.15) is 35.4 Å². The van der Waals surface area contributed by atoms with Crippen molar-refractivity contribution in [3.63, 3.8) is 0 Å². The van der Waals surface area contributed by atoms with Gasteiger partial charge in [0.15, 0.2) is 0 Å². The number of fused-ring (bicyclic) bond motifs is 1. The van der Waals surface area contributed by atoms with Crippen LogP contribution in [0.4, 0.5) is 5.82 Å². The van der Waals surface area contributed by atoms with Crippen molar-refractivity contribution in [1.82, 2.24) is 19.7 Å². The molecular weight excluding hydrogens is 282 g/mol. The molecule has 1 aliphatic rings. The van der Waals surface area contributed by atoms with Crippen LogP contribution in [0, 0.1) is 6.92 Å². The zero-order chi connectivity index (χ0) is 15.5. The number of esters is 1. The number of nitrogens with one attached hydrogen (secondary N) is 1. The molecule has 0 spiro atoms. The van der Waals surface area contributed by atoms with Crippen molar-refractivity contribution in [3.8, 4) is 0 Å². The number of ether oxygens (including phenoxy) is 1. The summed E-state index contributed by atoms with van der Waals surface area (Å²) in [5.41, 5.74) is 0.463. The van der Waals surface area contributed by atoms with Crippen molar-refractivity contribution in [1.29, 1.82) is 0 Å². The second-order valence-electron chi connectivity index (χ2n) is 5.26. The predicted molar refractivity (Wildman–Crippen MR) is 80.7 cm³/mol. The van der Waals surface area contributed by atoms with E-state index >= 15 is 0 Å². The number of aromatic nitrogens is 4. The largest absolute Gasteiger partial charge is 0.462 e. The monoisotopic (exact) mass is 301 g/mol. The Kier molecular flexibility index (Phi) is 4.04. The molecule has 0 radical (unpaired) electrons. The van der Waals surface area contributed by atoms with Crippen LogP contribution in [-0.2, 0) is 17.7 Å². The number of carbonyl (C=O) groups is 1. The smallest absolute Gasteiger partial charge is 0.341 e. The summed E-state index contributed by atoms with van der Waals surface area (Å²) in [6, 6.07) is 3.62. The van der Waals surface area contributed by atoms with Crippen molar-refractivity contribution in [2.45, 2.75) is 39.3 Å². The molecule has 7 nitrogen and oxygen atoms in total. The quantitative estimate of drug-likeness (QED) is 0.864. The third kappa shape index (κ3) is 2.93. The first kappa shape index (κ1) is 14.5. The Bertz CT molecular complexity index is 682. The van der Waals surface area contributed by atoms with Crippen LogP contribution >= 0.6 is 0 Å². The first-order chi connectivity index (χ1) is 10.7. The van der Waals surface area contributed by atoms with Gasteiger partial charge in [-0.3, -0.25) is 0 Å². The van der Waals surface area contributed by atoms with Crippen LogP contribution < -0.4 is 5.32 Å². The maximum Gasteiger partial charge on any atom is 0.341 e. The van der Waals surface area contributed by atoms with Gasteiger partial charge in [-0.25, -0.2) is 19.4 Å². The molecule has 1 aliphatic heterocycles. The molecule has 0 bridgehead atoms. The van der Waals surface area contributed by atoms with E-state index in [1.165, 1.54) is 0 Å². The van der Waals surface area contributed by atoms with Crippen LogP contribution in [0.25, 0.3) is 0 Å². The first-order valence-electron chi connectivity index (χ1n) is 7.46. The number of nitrogens with zero attached hydrogens (tertiary/aromatic N) is 4. The van der Waals surface area contributed by atoms with E-state index in [1.54, 1.807) is 25.3 Å². The van der Waals surface area contributed by atoms with Crippen molar-refractivity contribution in [2.24, 2.45) is 0 Å². The van der Waals surface area contributed by atoms with E-state index in [0.29, 0.717) is 18.0 Å². The van der Waals surface area contributed by atoms with Gasteiger partial charge in [0.1, 0.15) is 23.0 Å². The van der Waals surface area contributed by atoms with Gasteiger partial charge in [0.25, 0.3) is 0 Å². The third-order valence-electron chi connectivity index (χ3n) is 3.61. The van der Waals surface area contributed by atoms with E-state index in [1.807, 2.05) is 11.6 Å².